The average molecular weight is 288 g/mol. The zero-order chi connectivity index (χ0) is 14.7. The maximum atomic E-state index is 5.75. The molecule has 2 unspecified atom stereocenters. The summed E-state index contributed by atoms with van der Waals surface area (Å²) in [7, 11) is 3.25. The molecule has 5 heteroatoms. The molecule has 0 amide bonds. The second-order valence-corrected chi connectivity index (χ2v) is 4.54. The Morgan fingerprint density at radius 2 is 1.05 bits per heavy atom. The second-order valence-electron chi connectivity index (χ2n) is 4.54. The number of hydrogen-bond acceptors (Lipinski definition) is 5. The summed E-state index contributed by atoms with van der Waals surface area (Å²) in [4.78, 5) is 10.5. The van der Waals surface area contributed by atoms with Crippen LogP contribution in [-0.4, -0.2) is 14.2 Å². The Morgan fingerprint density at radius 1 is 0.667 bits per heavy atom. The molecule has 1 heterocycles. The first-order valence-electron chi connectivity index (χ1n) is 6.55. The van der Waals surface area contributed by atoms with E-state index in [1.807, 2.05) is 48.5 Å². The van der Waals surface area contributed by atoms with Crippen molar-refractivity contribution in [3.8, 4) is 11.5 Å². The van der Waals surface area contributed by atoms with E-state index >= 15 is 0 Å². The summed E-state index contributed by atoms with van der Waals surface area (Å²) in [6.07, 6.45) is -1.11. The third kappa shape index (κ3) is 3.00. The van der Waals surface area contributed by atoms with Crippen molar-refractivity contribution in [1.29, 1.82) is 0 Å². The van der Waals surface area contributed by atoms with Gasteiger partial charge in [-0.05, 0) is 24.3 Å². The minimum Gasteiger partial charge on any atom is -0.497 e. The first-order chi connectivity index (χ1) is 10.3. The molecule has 1 aliphatic heterocycles. The van der Waals surface area contributed by atoms with Gasteiger partial charge in [0.05, 0.1) is 14.2 Å². The lowest BCUT2D eigenvalue weighted by molar-refractivity contribution is -0.300. The monoisotopic (exact) mass is 288 g/mol. The van der Waals surface area contributed by atoms with Gasteiger partial charge in [-0.1, -0.05) is 24.3 Å². The van der Waals surface area contributed by atoms with Crippen LogP contribution < -0.4 is 9.47 Å². The molecule has 1 aliphatic rings. The number of hydrogen-bond donors (Lipinski definition) is 0. The second kappa shape index (κ2) is 6.13. The van der Waals surface area contributed by atoms with Crippen LogP contribution in [0.5, 0.6) is 11.5 Å². The summed E-state index contributed by atoms with van der Waals surface area (Å²) < 4.78 is 16.0. The zero-order valence-corrected chi connectivity index (χ0v) is 11.8. The van der Waals surface area contributed by atoms with E-state index in [0.29, 0.717) is 0 Å². The van der Waals surface area contributed by atoms with E-state index < -0.39 is 12.6 Å². The predicted molar refractivity (Wildman–Crippen MR) is 74.7 cm³/mol. The van der Waals surface area contributed by atoms with Crippen molar-refractivity contribution >= 4 is 0 Å². The molecule has 2 aromatic rings. The van der Waals surface area contributed by atoms with E-state index in [-0.39, 0.29) is 0 Å². The van der Waals surface area contributed by atoms with Crippen molar-refractivity contribution in [3.05, 3.63) is 59.7 Å². The highest BCUT2D eigenvalue weighted by Gasteiger charge is 2.30. The smallest absolute Gasteiger partial charge is 0.220 e. The molecule has 110 valence electrons. The van der Waals surface area contributed by atoms with Crippen LogP contribution in [0, 0.1) is 0 Å². The summed E-state index contributed by atoms with van der Waals surface area (Å²) in [5.41, 5.74) is 1.73. The fourth-order valence-corrected chi connectivity index (χ4v) is 2.05. The van der Waals surface area contributed by atoms with Crippen molar-refractivity contribution < 1.29 is 24.0 Å². The molecule has 1 fully saturated rings. The van der Waals surface area contributed by atoms with E-state index in [1.165, 1.54) is 0 Å². The highest BCUT2D eigenvalue weighted by atomic mass is 17.3. The van der Waals surface area contributed by atoms with Crippen molar-refractivity contribution in [1.82, 2.24) is 0 Å². The molecular formula is C16H16O5. The molecule has 0 radical (unpaired) electrons. The minimum atomic E-state index is -0.553. The normalized spacial score (nSPS) is 21.2. The first-order valence-corrected chi connectivity index (χ1v) is 6.55. The highest BCUT2D eigenvalue weighted by molar-refractivity contribution is 5.29. The van der Waals surface area contributed by atoms with Gasteiger partial charge in [0.1, 0.15) is 11.5 Å². The van der Waals surface area contributed by atoms with Crippen LogP contribution in [0.3, 0.4) is 0 Å². The molecule has 5 nitrogen and oxygen atoms in total. The maximum absolute atomic E-state index is 5.75. The van der Waals surface area contributed by atoms with E-state index in [0.717, 1.165) is 22.6 Å². The summed E-state index contributed by atoms with van der Waals surface area (Å²) in [5.74, 6) is 1.56. The Labute approximate surface area is 122 Å². The standard InChI is InChI=1S/C16H16O5/c1-17-13-7-3-11(4-8-13)15-19-16(21-20-15)12-5-9-14(18-2)10-6-12/h3-10,15-16H,1-2H3. The predicted octanol–water partition coefficient (Wildman–Crippen LogP) is 3.38. The van der Waals surface area contributed by atoms with Gasteiger partial charge in [-0.25, -0.2) is 0 Å². The van der Waals surface area contributed by atoms with Crippen LogP contribution in [0.4, 0.5) is 0 Å². The van der Waals surface area contributed by atoms with Crippen molar-refractivity contribution in [2.45, 2.75) is 12.6 Å². The van der Waals surface area contributed by atoms with Gasteiger partial charge in [-0.3, -0.25) is 0 Å². The van der Waals surface area contributed by atoms with Gasteiger partial charge in [0.25, 0.3) is 0 Å². The molecule has 3 rings (SSSR count). The summed E-state index contributed by atoms with van der Waals surface area (Å²) in [6.45, 7) is 0. The van der Waals surface area contributed by atoms with Gasteiger partial charge in [-0.15, -0.1) is 0 Å². The van der Waals surface area contributed by atoms with Crippen LogP contribution in [0.25, 0.3) is 0 Å². The SMILES string of the molecule is COc1ccc(C2OOC(c3ccc(OC)cc3)O2)cc1. The Kier molecular flexibility index (Phi) is 4.06. The molecule has 21 heavy (non-hydrogen) atoms. The van der Waals surface area contributed by atoms with E-state index in [9.17, 15) is 0 Å². The van der Waals surface area contributed by atoms with Crippen molar-refractivity contribution in [3.63, 3.8) is 0 Å². The van der Waals surface area contributed by atoms with Crippen LogP contribution in [0.2, 0.25) is 0 Å². The Morgan fingerprint density at radius 3 is 1.38 bits per heavy atom. The lowest BCUT2D eigenvalue weighted by Crippen LogP contribution is -2.00. The van der Waals surface area contributed by atoms with E-state index in [1.54, 1.807) is 14.2 Å². The van der Waals surface area contributed by atoms with Crippen LogP contribution >= 0.6 is 0 Å². The Balaban J connectivity index is 1.68. The third-order valence-corrected chi connectivity index (χ3v) is 3.25. The third-order valence-electron chi connectivity index (χ3n) is 3.25. The molecule has 2 aromatic carbocycles. The topological polar surface area (TPSA) is 46.2 Å². The Hall–Kier alpha value is -2.08. The lowest BCUT2D eigenvalue weighted by atomic mass is 10.2. The molecule has 0 aliphatic carbocycles. The largest absolute Gasteiger partial charge is 0.497 e. The summed E-state index contributed by atoms with van der Waals surface area (Å²) in [6, 6.07) is 14.9. The molecule has 0 saturated carbocycles. The highest BCUT2D eigenvalue weighted by Crippen LogP contribution is 2.37. The minimum absolute atomic E-state index is 0.553. The molecule has 0 aromatic heterocycles. The zero-order valence-electron chi connectivity index (χ0n) is 11.8. The molecule has 0 N–H and O–H groups in total. The molecular weight excluding hydrogens is 272 g/mol. The van der Waals surface area contributed by atoms with Crippen molar-refractivity contribution in [2.75, 3.05) is 14.2 Å². The number of methoxy groups -OCH3 is 2. The maximum Gasteiger partial charge on any atom is 0.220 e. The lowest BCUT2D eigenvalue weighted by Gasteiger charge is -2.09. The van der Waals surface area contributed by atoms with E-state index in [2.05, 4.69) is 0 Å². The average Bonchev–Trinajstić information content (AvgIpc) is 3.05. The van der Waals surface area contributed by atoms with Crippen molar-refractivity contribution in [2.24, 2.45) is 0 Å². The van der Waals surface area contributed by atoms with Gasteiger partial charge in [0.2, 0.25) is 12.6 Å². The van der Waals surface area contributed by atoms with Crippen LogP contribution in [0.15, 0.2) is 48.5 Å². The van der Waals surface area contributed by atoms with Gasteiger partial charge in [0, 0.05) is 11.1 Å². The first kappa shape index (κ1) is 13.9. The summed E-state index contributed by atoms with van der Waals surface area (Å²) in [5, 5.41) is 0. The van der Waals surface area contributed by atoms with E-state index in [4.69, 9.17) is 24.0 Å². The summed E-state index contributed by atoms with van der Waals surface area (Å²) >= 11 is 0. The molecule has 0 spiro atoms. The fraction of sp³-hybridized carbons (Fsp3) is 0.250. The fourth-order valence-electron chi connectivity index (χ4n) is 2.05. The number of benzene rings is 2. The van der Waals surface area contributed by atoms with Gasteiger partial charge in [-0.2, -0.15) is 9.78 Å². The van der Waals surface area contributed by atoms with Crippen LogP contribution in [0.1, 0.15) is 23.7 Å². The molecule has 2 atom stereocenters. The molecule has 1 saturated heterocycles. The van der Waals surface area contributed by atoms with Crippen LogP contribution in [-0.2, 0) is 14.5 Å². The quantitative estimate of drug-likeness (QED) is 0.807. The molecule has 0 bridgehead atoms. The van der Waals surface area contributed by atoms with Gasteiger partial charge in [0.15, 0.2) is 0 Å². The Bertz CT molecular complexity index is 525. The number of rotatable bonds is 4. The number of ether oxygens (including phenoxy) is 3. The van der Waals surface area contributed by atoms with Gasteiger partial charge >= 0.3 is 0 Å². The van der Waals surface area contributed by atoms with Gasteiger partial charge < -0.3 is 14.2 Å².